The third-order valence-corrected chi connectivity index (χ3v) is 7.22. The molecule has 0 aliphatic heterocycles. The molecule has 0 bridgehead atoms. The standard InChI is InChI=1S/C30H28F6O2/c1-2-3-4-5-19-10-12-21(27(33)25(19)31)17-6-8-18(9-7-17)22-13-11-20(26(32)28(22)34)16-38-24-15-14-23(37)29(35)30(24)36/h2-3,10-15,17-18,37H,4-9,16H2,1H3/b3-2+. The lowest BCUT2D eigenvalue weighted by Gasteiger charge is -2.30. The molecule has 2 nitrogen and oxygen atoms in total. The van der Waals surface area contributed by atoms with Crippen molar-refractivity contribution in [1.29, 1.82) is 0 Å². The van der Waals surface area contributed by atoms with Crippen molar-refractivity contribution < 1.29 is 36.2 Å². The lowest BCUT2D eigenvalue weighted by Crippen LogP contribution is -2.16. The Morgan fingerprint density at radius 3 is 1.84 bits per heavy atom. The summed E-state index contributed by atoms with van der Waals surface area (Å²) in [5, 5.41) is 9.18. The molecule has 1 fully saturated rings. The topological polar surface area (TPSA) is 29.5 Å². The first-order chi connectivity index (χ1) is 18.2. The van der Waals surface area contributed by atoms with Crippen LogP contribution in [0.1, 0.15) is 73.1 Å². The van der Waals surface area contributed by atoms with Gasteiger partial charge in [0, 0.05) is 5.56 Å². The van der Waals surface area contributed by atoms with Gasteiger partial charge in [-0.3, -0.25) is 0 Å². The lowest BCUT2D eigenvalue weighted by molar-refractivity contribution is 0.274. The quantitative estimate of drug-likeness (QED) is 0.231. The molecule has 1 aliphatic carbocycles. The van der Waals surface area contributed by atoms with E-state index >= 15 is 0 Å². The Morgan fingerprint density at radius 2 is 1.26 bits per heavy atom. The van der Waals surface area contributed by atoms with Gasteiger partial charge in [0.25, 0.3) is 0 Å². The third kappa shape index (κ3) is 5.69. The Balaban J connectivity index is 1.41. The van der Waals surface area contributed by atoms with Crippen molar-refractivity contribution in [1.82, 2.24) is 0 Å². The van der Waals surface area contributed by atoms with Crippen LogP contribution in [0.3, 0.4) is 0 Å². The van der Waals surface area contributed by atoms with E-state index in [9.17, 15) is 31.4 Å². The number of phenolic OH excluding ortho intramolecular Hbond substituents is 1. The molecule has 0 unspecified atom stereocenters. The molecule has 0 radical (unpaired) electrons. The highest BCUT2D eigenvalue weighted by molar-refractivity contribution is 5.35. The normalized spacial score (nSPS) is 17.8. The number of aryl methyl sites for hydroxylation is 1. The second-order valence-electron chi connectivity index (χ2n) is 9.54. The van der Waals surface area contributed by atoms with Crippen molar-refractivity contribution in [3.8, 4) is 11.5 Å². The number of phenols is 1. The summed E-state index contributed by atoms with van der Waals surface area (Å²) in [6.07, 6.45) is 6.72. The molecule has 0 amide bonds. The second-order valence-corrected chi connectivity index (χ2v) is 9.54. The van der Waals surface area contributed by atoms with Gasteiger partial charge in [-0.1, -0.05) is 36.4 Å². The van der Waals surface area contributed by atoms with Crippen LogP contribution in [0.2, 0.25) is 0 Å². The molecule has 1 N–H and O–H groups in total. The van der Waals surface area contributed by atoms with Crippen LogP contribution in [-0.2, 0) is 13.0 Å². The number of benzene rings is 3. The molecule has 8 heteroatoms. The zero-order valence-electron chi connectivity index (χ0n) is 20.8. The van der Waals surface area contributed by atoms with Gasteiger partial charge in [0.05, 0.1) is 0 Å². The summed E-state index contributed by atoms with van der Waals surface area (Å²) in [5.41, 5.74) is 0.642. The number of hydrogen-bond donors (Lipinski definition) is 1. The smallest absolute Gasteiger partial charge is 0.204 e. The summed E-state index contributed by atoms with van der Waals surface area (Å²) < 4.78 is 91.6. The molecule has 1 aliphatic rings. The van der Waals surface area contributed by atoms with Crippen LogP contribution < -0.4 is 4.74 Å². The van der Waals surface area contributed by atoms with Crippen molar-refractivity contribution >= 4 is 0 Å². The maximum Gasteiger partial charge on any atom is 0.204 e. The minimum absolute atomic E-state index is 0.178. The van der Waals surface area contributed by atoms with E-state index in [0.717, 1.165) is 12.1 Å². The van der Waals surface area contributed by atoms with Crippen molar-refractivity contribution in [3.05, 3.63) is 106 Å². The van der Waals surface area contributed by atoms with Crippen LogP contribution in [0, 0.1) is 34.9 Å². The van der Waals surface area contributed by atoms with Crippen LogP contribution in [-0.4, -0.2) is 5.11 Å². The zero-order valence-corrected chi connectivity index (χ0v) is 20.8. The molecule has 0 atom stereocenters. The van der Waals surface area contributed by atoms with E-state index in [1.807, 2.05) is 19.1 Å². The van der Waals surface area contributed by atoms with Crippen molar-refractivity contribution in [2.45, 2.75) is 63.9 Å². The molecule has 3 aromatic carbocycles. The predicted octanol–water partition coefficient (Wildman–Crippen LogP) is 8.76. The Hall–Kier alpha value is -3.42. The van der Waals surface area contributed by atoms with Crippen LogP contribution in [0.4, 0.5) is 26.3 Å². The highest BCUT2D eigenvalue weighted by atomic mass is 19.2. The molecule has 0 spiro atoms. The lowest BCUT2D eigenvalue weighted by atomic mass is 9.75. The van der Waals surface area contributed by atoms with Crippen LogP contribution in [0.15, 0.2) is 48.6 Å². The van der Waals surface area contributed by atoms with Crippen LogP contribution >= 0.6 is 0 Å². The van der Waals surface area contributed by atoms with Gasteiger partial charge >= 0.3 is 0 Å². The molecule has 0 saturated heterocycles. The monoisotopic (exact) mass is 534 g/mol. The minimum Gasteiger partial charge on any atom is -0.505 e. The Kier molecular flexibility index (Phi) is 8.69. The van der Waals surface area contributed by atoms with Gasteiger partial charge in [-0.25, -0.2) is 17.6 Å². The molecular formula is C30H28F6O2. The SMILES string of the molecule is C/C=C/CCc1ccc(C2CCC(c3ccc(COc4ccc(O)c(F)c4F)c(F)c3F)CC2)c(F)c1F. The summed E-state index contributed by atoms with van der Waals surface area (Å²) in [6, 6.07) is 7.90. The van der Waals surface area contributed by atoms with Gasteiger partial charge in [0.1, 0.15) is 6.61 Å². The van der Waals surface area contributed by atoms with E-state index in [4.69, 9.17) is 4.74 Å². The summed E-state index contributed by atoms with van der Waals surface area (Å²) in [4.78, 5) is 0. The number of allylic oxidation sites excluding steroid dienone is 2. The zero-order chi connectivity index (χ0) is 27.4. The number of hydrogen-bond acceptors (Lipinski definition) is 2. The summed E-state index contributed by atoms with van der Waals surface area (Å²) in [6.45, 7) is 1.32. The van der Waals surface area contributed by atoms with Gasteiger partial charge in [-0.15, -0.1) is 0 Å². The predicted molar refractivity (Wildman–Crippen MR) is 132 cm³/mol. The molecule has 202 valence electrons. The van der Waals surface area contributed by atoms with Crippen molar-refractivity contribution in [2.75, 3.05) is 0 Å². The van der Waals surface area contributed by atoms with E-state index in [2.05, 4.69) is 0 Å². The first kappa shape index (κ1) is 27.6. The van der Waals surface area contributed by atoms with E-state index in [1.165, 1.54) is 12.1 Å². The summed E-state index contributed by atoms with van der Waals surface area (Å²) in [5.74, 6) is -8.73. The molecule has 3 aromatic rings. The average molecular weight is 535 g/mol. The minimum atomic E-state index is -1.50. The first-order valence-corrected chi connectivity index (χ1v) is 12.6. The Bertz CT molecular complexity index is 1330. The molecule has 1 saturated carbocycles. The maximum atomic E-state index is 15.0. The highest BCUT2D eigenvalue weighted by Crippen LogP contribution is 2.43. The second kappa shape index (κ2) is 12.0. The van der Waals surface area contributed by atoms with Crippen LogP contribution in [0.25, 0.3) is 0 Å². The Morgan fingerprint density at radius 1 is 0.711 bits per heavy atom. The number of aromatic hydroxyl groups is 1. The van der Waals surface area contributed by atoms with Gasteiger partial charge in [-0.2, -0.15) is 8.78 Å². The molecule has 0 heterocycles. The summed E-state index contributed by atoms with van der Waals surface area (Å²) >= 11 is 0. The van der Waals surface area contributed by atoms with E-state index in [1.54, 1.807) is 12.1 Å². The summed E-state index contributed by atoms with van der Waals surface area (Å²) in [7, 11) is 0. The fourth-order valence-corrected chi connectivity index (χ4v) is 5.05. The van der Waals surface area contributed by atoms with Gasteiger partial charge in [0.15, 0.2) is 34.8 Å². The van der Waals surface area contributed by atoms with Gasteiger partial charge in [-0.05, 0) is 86.1 Å². The van der Waals surface area contributed by atoms with Gasteiger partial charge < -0.3 is 9.84 Å². The first-order valence-electron chi connectivity index (χ1n) is 12.6. The molecule has 38 heavy (non-hydrogen) atoms. The van der Waals surface area contributed by atoms with E-state index < -0.39 is 53.0 Å². The molecular weight excluding hydrogens is 506 g/mol. The molecule has 4 rings (SSSR count). The van der Waals surface area contributed by atoms with E-state index in [0.29, 0.717) is 49.7 Å². The highest BCUT2D eigenvalue weighted by Gasteiger charge is 2.29. The number of rotatable bonds is 8. The fourth-order valence-electron chi connectivity index (χ4n) is 5.05. The van der Waals surface area contributed by atoms with Crippen LogP contribution in [0.5, 0.6) is 11.5 Å². The van der Waals surface area contributed by atoms with Crippen molar-refractivity contribution in [2.24, 2.45) is 0 Å². The fraction of sp³-hybridized carbons (Fsp3) is 0.333. The Labute approximate surface area is 217 Å². The number of halogens is 6. The average Bonchev–Trinajstić information content (AvgIpc) is 2.92. The maximum absolute atomic E-state index is 15.0. The van der Waals surface area contributed by atoms with E-state index in [-0.39, 0.29) is 23.0 Å². The molecule has 0 aromatic heterocycles. The van der Waals surface area contributed by atoms with Gasteiger partial charge in [0.2, 0.25) is 11.6 Å². The van der Waals surface area contributed by atoms with Crippen molar-refractivity contribution in [3.63, 3.8) is 0 Å². The largest absolute Gasteiger partial charge is 0.505 e. The third-order valence-electron chi connectivity index (χ3n) is 7.22. The number of ether oxygens (including phenoxy) is 1.